The van der Waals surface area contributed by atoms with Crippen molar-refractivity contribution in [2.75, 3.05) is 13.1 Å². The highest BCUT2D eigenvalue weighted by molar-refractivity contribution is 5.89. The van der Waals surface area contributed by atoms with Gasteiger partial charge in [-0.05, 0) is 57.5 Å². The zero-order valence-electron chi connectivity index (χ0n) is 13.1. The minimum Gasteiger partial charge on any atom is -0.481 e. The third-order valence-electron chi connectivity index (χ3n) is 3.85. The van der Waals surface area contributed by atoms with Crippen molar-refractivity contribution in [1.29, 1.82) is 0 Å². The molecule has 22 heavy (non-hydrogen) atoms. The number of aliphatic carboxylic acids is 1. The lowest BCUT2D eigenvalue weighted by Crippen LogP contribution is -2.35. The molecule has 0 atom stereocenters. The van der Waals surface area contributed by atoms with Crippen LogP contribution in [0.5, 0.6) is 0 Å². The van der Waals surface area contributed by atoms with Crippen LogP contribution in [0.2, 0.25) is 0 Å². The molecule has 0 spiro atoms. The van der Waals surface area contributed by atoms with E-state index in [1.807, 2.05) is 32.0 Å². The molecule has 0 aromatic heterocycles. The quantitative estimate of drug-likeness (QED) is 0.847. The standard InChI is InChI=1S/C17H23NO4/c1-12(2)22-17(21)15-5-3-4-13(10-15)11-18-8-6-14(7-9-18)16(19)20/h3-5,10,12,14H,6-9,11H2,1-2H3,(H,19,20). The molecule has 0 saturated carbocycles. The predicted molar refractivity (Wildman–Crippen MR) is 82.6 cm³/mol. The van der Waals surface area contributed by atoms with Crippen LogP contribution >= 0.6 is 0 Å². The van der Waals surface area contributed by atoms with E-state index in [9.17, 15) is 9.59 Å². The Bertz CT molecular complexity index is 533. The Labute approximate surface area is 130 Å². The third-order valence-corrected chi connectivity index (χ3v) is 3.85. The Balaban J connectivity index is 1.94. The zero-order valence-corrected chi connectivity index (χ0v) is 13.1. The monoisotopic (exact) mass is 305 g/mol. The van der Waals surface area contributed by atoms with E-state index in [2.05, 4.69) is 4.90 Å². The molecular weight excluding hydrogens is 282 g/mol. The summed E-state index contributed by atoms with van der Waals surface area (Å²) in [6.07, 6.45) is 1.24. The minimum atomic E-state index is -0.696. The number of carboxylic acids is 1. The van der Waals surface area contributed by atoms with Gasteiger partial charge >= 0.3 is 11.9 Å². The fraction of sp³-hybridized carbons (Fsp3) is 0.529. The second-order valence-corrected chi connectivity index (χ2v) is 6.04. The van der Waals surface area contributed by atoms with Gasteiger partial charge in [-0.1, -0.05) is 12.1 Å². The first-order valence-corrected chi connectivity index (χ1v) is 7.71. The van der Waals surface area contributed by atoms with Crippen molar-refractivity contribution in [3.8, 4) is 0 Å². The van der Waals surface area contributed by atoms with Gasteiger partial charge in [0.05, 0.1) is 17.6 Å². The van der Waals surface area contributed by atoms with Crippen LogP contribution < -0.4 is 0 Å². The van der Waals surface area contributed by atoms with E-state index in [-0.39, 0.29) is 18.0 Å². The number of benzene rings is 1. The van der Waals surface area contributed by atoms with Crippen LogP contribution in [-0.2, 0) is 16.1 Å². The average Bonchev–Trinajstić information content (AvgIpc) is 2.47. The maximum Gasteiger partial charge on any atom is 0.338 e. The van der Waals surface area contributed by atoms with E-state index in [0.717, 1.165) is 25.2 Å². The van der Waals surface area contributed by atoms with Gasteiger partial charge in [-0.3, -0.25) is 9.69 Å². The van der Waals surface area contributed by atoms with Crippen LogP contribution in [0.4, 0.5) is 0 Å². The number of piperidine rings is 1. The summed E-state index contributed by atoms with van der Waals surface area (Å²) in [4.78, 5) is 25.1. The van der Waals surface area contributed by atoms with E-state index in [4.69, 9.17) is 9.84 Å². The van der Waals surface area contributed by atoms with Crippen LogP contribution in [0, 0.1) is 5.92 Å². The van der Waals surface area contributed by atoms with E-state index >= 15 is 0 Å². The van der Waals surface area contributed by atoms with Gasteiger partial charge in [0.1, 0.15) is 0 Å². The van der Waals surface area contributed by atoms with Crippen molar-refractivity contribution in [1.82, 2.24) is 4.90 Å². The van der Waals surface area contributed by atoms with Gasteiger partial charge in [0.2, 0.25) is 0 Å². The minimum absolute atomic E-state index is 0.133. The van der Waals surface area contributed by atoms with E-state index in [1.165, 1.54) is 0 Å². The molecule has 2 rings (SSSR count). The normalized spacial score (nSPS) is 16.7. The van der Waals surface area contributed by atoms with E-state index in [0.29, 0.717) is 18.4 Å². The number of hydrogen-bond donors (Lipinski definition) is 1. The Morgan fingerprint density at radius 3 is 2.59 bits per heavy atom. The number of hydrogen-bond acceptors (Lipinski definition) is 4. The fourth-order valence-electron chi connectivity index (χ4n) is 2.67. The van der Waals surface area contributed by atoms with Gasteiger partial charge in [0.25, 0.3) is 0 Å². The van der Waals surface area contributed by atoms with Crippen molar-refractivity contribution < 1.29 is 19.4 Å². The Morgan fingerprint density at radius 1 is 1.32 bits per heavy atom. The Morgan fingerprint density at radius 2 is 2.00 bits per heavy atom. The molecule has 0 radical (unpaired) electrons. The number of carboxylic acid groups (broad SMARTS) is 1. The van der Waals surface area contributed by atoms with Gasteiger partial charge in [-0.15, -0.1) is 0 Å². The molecule has 1 aromatic rings. The number of esters is 1. The van der Waals surface area contributed by atoms with Crippen LogP contribution in [0.25, 0.3) is 0 Å². The summed E-state index contributed by atoms with van der Waals surface area (Å²) < 4.78 is 5.20. The average molecular weight is 305 g/mol. The fourth-order valence-corrected chi connectivity index (χ4v) is 2.67. The summed E-state index contributed by atoms with van der Waals surface area (Å²) in [5.41, 5.74) is 1.61. The molecule has 0 aliphatic carbocycles. The SMILES string of the molecule is CC(C)OC(=O)c1cccc(CN2CCC(C(=O)O)CC2)c1. The molecule has 0 amide bonds. The summed E-state index contributed by atoms with van der Waals surface area (Å²) in [5, 5.41) is 9.01. The largest absolute Gasteiger partial charge is 0.481 e. The van der Waals surface area contributed by atoms with Crippen molar-refractivity contribution >= 4 is 11.9 Å². The van der Waals surface area contributed by atoms with Gasteiger partial charge < -0.3 is 9.84 Å². The summed E-state index contributed by atoms with van der Waals surface area (Å²) in [6.45, 7) is 5.94. The lowest BCUT2D eigenvalue weighted by molar-refractivity contribution is -0.143. The number of nitrogens with zero attached hydrogens (tertiary/aromatic N) is 1. The van der Waals surface area contributed by atoms with Gasteiger partial charge in [-0.2, -0.15) is 0 Å². The predicted octanol–water partition coefficient (Wildman–Crippen LogP) is 2.55. The smallest absolute Gasteiger partial charge is 0.338 e. The summed E-state index contributed by atoms with van der Waals surface area (Å²) in [6, 6.07) is 7.45. The third kappa shape index (κ3) is 4.56. The number of likely N-dealkylation sites (tertiary alicyclic amines) is 1. The zero-order chi connectivity index (χ0) is 16.1. The van der Waals surface area contributed by atoms with Gasteiger partial charge in [0, 0.05) is 6.54 Å². The highest BCUT2D eigenvalue weighted by atomic mass is 16.5. The first-order valence-electron chi connectivity index (χ1n) is 7.71. The van der Waals surface area contributed by atoms with E-state index in [1.54, 1.807) is 6.07 Å². The van der Waals surface area contributed by atoms with E-state index < -0.39 is 5.97 Å². The first-order chi connectivity index (χ1) is 10.5. The number of carbonyl (C=O) groups excluding carboxylic acids is 1. The molecule has 1 fully saturated rings. The molecule has 1 aromatic carbocycles. The number of carbonyl (C=O) groups is 2. The molecule has 1 N–H and O–H groups in total. The molecule has 0 unspecified atom stereocenters. The van der Waals surface area contributed by atoms with Crippen molar-refractivity contribution in [2.45, 2.75) is 39.3 Å². The molecule has 0 bridgehead atoms. The Kier molecular flexibility index (Phi) is 5.55. The number of ether oxygens (including phenoxy) is 1. The van der Waals surface area contributed by atoms with Gasteiger partial charge in [-0.25, -0.2) is 4.79 Å². The summed E-state index contributed by atoms with van der Waals surface area (Å²) >= 11 is 0. The highest BCUT2D eigenvalue weighted by Crippen LogP contribution is 2.19. The summed E-state index contributed by atoms with van der Waals surface area (Å²) in [7, 11) is 0. The van der Waals surface area contributed by atoms with Crippen molar-refractivity contribution in [2.24, 2.45) is 5.92 Å². The van der Waals surface area contributed by atoms with Gasteiger partial charge in [0.15, 0.2) is 0 Å². The molecule has 120 valence electrons. The molecule has 5 nitrogen and oxygen atoms in total. The van der Waals surface area contributed by atoms with Crippen molar-refractivity contribution in [3.05, 3.63) is 35.4 Å². The van der Waals surface area contributed by atoms with Crippen LogP contribution in [0.15, 0.2) is 24.3 Å². The van der Waals surface area contributed by atoms with Crippen molar-refractivity contribution in [3.63, 3.8) is 0 Å². The lowest BCUT2D eigenvalue weighted by Gasteiger charge is -2.30. The molecular formula is C17H23NO4. The molecule has 5 heteroatoms. The van der Waals surface area contributed by atoms with Crippen LogP contribution in [0.3, 0.4) is 0 Å². The number of rotatable bonds is 5. The molecule has 1 aliphatic rings. The Hall–Kier alpha value is -1.88. The maximum absolute atomic E-state index is 11.9. The second kappa shape index (κ2) is 7.40. The van der Waals surface area contributed by atoms with Crippen LogP contribution in [0.1, 0.15) is 42.6 Å². The summed E-state index contributed by atoms with van der Waals surface area (Å²) in [5.74, 6) is -1.22. The maximum atomic E-state index is 11.9. The first kappa shape index (κ1) is 16.5. The molecule has 1 heterocycles. The van der Waals surface area contributed by atoms with Crippen LogP contribution in [-0.4, -0.2) is 41.1 Å². The second-order valence-electron chi connectivity index (χ2n) is 6.04. The molecule has 1 aliphatic heterocycles. The topological polar surface area (TPSA) is 66.8 Å². The highest BCUT2D eigenvalue weighted by Gasteiger charge is 2.24. The lowest BCUT2D eigenvalue weighted by atomic mass is 9.96. The molecule has 1 saturated heterocycles.